The van der Waals surface area contributed by atoms with Crippen molar-refractivity contribution in [2.45, 2.75) is 13.5 Å². The Morgan fingerprint density at radius 1 is 1.00 bits per heavy atom. The number of aryl methyl sites for hydroxylation is 1. The van der Waals surface area contributed by atoms with Gasteiger partial charge in [0.1, 0.15) is 6.54 Å². The molecule has 0 aliphatic carbocycles. The van der Waals surface area contributed by atoms with Crippen LogP contribution in [0.2, 0.25) is 0 Å². The van der Waals surface area contributed by atoms with Crippen molar-refractivity contribution < 1.29 is 9.13 Å². The summed E-state index contributed by atoms with van der Waals surface area (Å²) >= 11 is 0. The van der Waals surface area contributed by atoms with Gasteiger partial charge in [-0.05, 0) is 48.9 Å². The first-order chi connectivity index (χ1) is 17.6. The molecule has 1 aliphatic heterocycles. The van der Waals surface area contributed by atoms with Gasteiger partial charge in [0.25, 0.3) is 5.95 Å². The van der Waals surface area contributed by atoms with Crippen molar-refractivity contribution in [2.24, 2.45) is 10.2 Å². The molecule has 5 rings (SSSR count). The van der Waals surface area contributed by atoms with Gasteiger partial charge in [0.2, 0.25) is 0 Å². The minimum absolute atomic E-state index is 0.105. The average molecular weight is 486 g/mol. The third-order valence-electron chi connectivity index (χ3n) is 5.43. The molecule has 1 aliphatic rings. The smallest absolute Gasteiger partial charge is 0.270 e. The summed E-state index contributed by atoms with van der Waals surface area (Å²) in [6, 6.07) is 11.7. The average Bonchev–Trinajstić information content (AvgIpc) is 2.91. The number of benzene rings is 1. The van der Waals surface area contributed by atoms with Crippen LogP contribution < -0.4 is 10.2 Å². The Labute approximate surface area is 207 Å². The molecule has 0 atom stereocenters. The molecule has 10 nitrogen and oxygen atoms in total. The molecule has 1 saturated heterocycles. The lowest BCUT2D eigenvalue weighted by atomic mass is 10.1. The number of hydrogen-bond acceptors (Lipinski definition) is 10. The van der Waals surface area contributed by atoms with E-state index in [0.29, 0.717) is 32.1 Å². The lowest BCUT2D eigenvalue weighted by molar-refractivity contribution is 0.122. The summed E-state index contributed by atoms with van der Waals surface area (Å²) in [6.45, 7) is 4.47. The number of rotatable bonds is 7. The van der Waals surface area contributed by atoms with Gasteiger partial charge in [-0.25, -0.2) is 19.3 Å². The van der Waals surface area contributed by atoms with Crippen molar-refractivity contribution in [1.29, 1.82) is 0 Å². The van der Waals surface area contributed by atoms with E-state index in [4.69, 9.17) is 4.74 Å². The minimum Gasteiger partial charge on any atom is -0.378 e. The Bertz CT molecular complexity index is 1340. The number of aromatic nitrogens is 5. The van der Waals surface area contributed by atoms with Crippen molar-refractivity contribution in [3.8, 4) is 11.4 Å². The summed E-state index contributed by atoms with van der Waals surface area (Å²) < 4.78 is 19.5. The zero-order valence-corrected chi connectivity index (χ0v) is 19.7. The van der Waals surface area contributed by atoms with Crippen LogP contribution in [0.25, 0.3) is 11.4 Å². The molecule has 36 heavy (non-hydrogen) atoms. The molecule has 0 unspecified atom stereocenters. The van der Waals surface area contributed by atoms with E-state index in [1.165, 1.54) is 0 Å². The highest BCUT2D eigenvalue weighted by atomic mass is 19.1. The highest BCUT2D eigenvalue weighted by molar-refractivity contribution is 5.68. The first kappa shape index (κ1) is 23.4. The Balaban J connectivity index is 1.22. The molecule has 4 heterocycles. The van der Waals surface area contributed by atoms with Crippen molar-refractivity contribution in [1.82, 2.24) is 24.9 Å². The second-order valence-corrected chi connectivity index (χ2v) is 8.16. The van der Waals surface area contributed by atoms with Crippen molar-refractivity contribution in [3.05, 3.63) is 78.3 Å². The first-order valence-electron chi connectivity index (χ1n) is 11.5. The minimum atomic E-state index is -0.488. The zero-order valence-electron chi connectivity index (χ0n) is 19.7. The van der Waals surface area contributed by atoms with Crippen molar-refractivity contribution >= 4 is 23.1 Å². The van der Waals surface area contributed by atoms with E-state index in [9.17, 15) is 4.39 Å². The summed E-state index contributed by atoms with van der Waals surface area (Å²) in [5.74, 6) is 0.505. The number of nitrogens with zero attached hydrogens (tertiary/aromatic N) is 8. The third kappa shape index (κ3) is 5.81. The molecule has 4 aromatic rings. The highest BCUT2D eigenvalue weighted by Crippen LogP contribution is 2.24. The van der Waals surface area contributed by atoms with E-state index in [-0.39, 0.29) is 18.3 Å². The molecule has 3 aromatic heterocycles. The van der Waals surface area contributed by atoms with E-state index in [1.54, 1.807) is 24.7 Å². The zero-order chi connectivity index (χ0) is 24.7. The molecule has 0 spiro atoms. The van der Waals surface area contributed by atoms with Gasteiger partial charge in [-0.3, -0.25) is 4.98 Å². The summed E-state index contributed by atoms with van der Waals surface area (Å²) in [4.78, 5) is 23.0. The van der Waals surface area contributed by atoms with Crippen molar-refractivity contribution in [2.75, 3.05) is 36.5 Å². The number of pyridine rings is 1. The maximum absolute atomic E-state index is 14.2. The van der Waals surface area contributed by atoms with E-state index in [1.807, 2.05) is 42.2 Å². The molecule has 1 fully saturated rings. The van der Waals surface area contributed by atoms with Gasteiger partial charge in [-0.2, -0.15) is 10.1 Å². The van der Waals surface area contributed by atoms with Gasteiger partial charge in [-0.15, -0.1) is 5.11 Å². The van der Waals surface area contributed by atoms with Crippen LogP contribution in [0.5, 0.6) is 0 Å². The summed E-state index contributed by atoms with van der Waals surface area (Å²) in [5.41, 5.74) is 4.49. The second kappa shape index (κ2) is 10.9. The highest BCUT2D eigenvalue weighted by Gasteiger charge is 2.17. The first-order valence-corrected chi connectivity index (χ1v) is 11.5. The molecular formula is C25H24FN9O. The van der Waals surface area contributed by atoms with Crippen LogP contribution in [-0.4, -0.2) is 51.2 Å². The third-order valence-corrected chi connectivity index (χ3v) is 5.43. The van der Waals surface area contributed by atoms with Crippen LogP contribution in [0.4, 0.5) is 27.5 Å². The van der Waals surface area contributed by atoms with Crippen LogP contribution in [0.3, 0.4) is 0 Å². The number of halogens is 1. The maximum atomic E-state index is 14.2. The largest absolute Gasteiger partial charge is 0.378 e. The van der Waals surface area contributed by atoms with E-state index in [2.05, 4.69) is 40.5 Å². The Hall–Kier alpha value is -4.38. The summed E-state index contributed by atoms with van der Waals surface area (Å²) in [7, 11) is 0. The fraction of sp³-hybridized carbons (Fsp3) is 0.240. The molecule has 1 aromatic carbocycles. The molecule has 0 bridgehead atoms. The summed E-state index contributed by atoms with van der Waals surface area (Å²) in [6.07, 6.45) is 6.30. The Morgan fingerprint density at radius 3 is 2.61 bits per heavy atom. The normalized spacial score (nSPS) is 13.8. The monoisotopic (exact) mass is 485 g/mol. The fourth-order valence-electron chi connectivity index (χ4n) is 3.76. The predicted molar refractivity (Wildman–Crippen MR) is 133 cm³/mol. The molecule has 0 saturated carbocycles. The maximum Gasteiger partial charge on any atom is 0.270 e. The van der Waals surface area contributed by atoms with Crippen LogP contribution >= 0.6 is 0 Å². The molecule has 0 radical (unpaired) electrons. The lowest BCUT2D eigenvalue weighted by Crippen LogP contribution is -2.37. The molecule has 11 heteroatoms. The van der Waals surface area contributed by atoms with Crippen molar-refractivity contribution in [3.63, 3.8) is 0 Å². The molecule has 182 valence electrons. The fourth-order valence-corrected chi connectivity index (χ4v) is 3.76. The quantitative estimate of drug-likeness (QED) is 0.377. The molecular weight excluding hydrogens is 461 g/mol. The van der Waals surface area contributed by atoms with Crippen LogP contribution in [0, 0.1) is 12.7 Å². The van der Waals surface area contributed by atoms with Crippen LogP contribution in [-0.2, 0) is 11.3 Å². The predicted octanol–water partition coefficient (Wildman–Crippen LogP) is 4.64. The topological polar surface area (TPSA) is 114 Å². The van der Waals surface area contributed by atoms with E-state index in [0.717, 1.165) is 34.4 Å². The van der Waals surface area contributed by atoms with Gasteiger partial charge in [0.15, 0.2) is 17.5 Å². The number of morpholine rings is 1. The number of hydrogen-bond donors (Lipinski definition) is 1. The van der Waals surface area contributed by atoms with Gasteiger partial charge in [0, 0.05) is 36.7 Å². The Kier molecular flexibility index (Phi) is 7.08. The summed E-state index contributed by atoms with van der Waals surface area (Å²) in [5, 5.41) is 11.5. The SMILES string of the molecule is Cc1cc(Nc2ccc(CN=Nc3ncc(F)c(N4CCOCC4)n3)nc2)cc(-c2ncccn2)c1. The van der Waals surface area contributed by atoms with Crippen LogP contribution in [0.15, 0.2) is 71.4 Å². The van der Waals surface area contributed by atoms with Gasteiger partial charge in [0.05, 0.1) is 37.0 Å². The van der Waals surface area contributed by atoms with Crippen LogP contribution in [0.1, 0.15) is 11.3 Å². The lowest BCUT2D eigenvalue weighted by Gasteiger charge is -2.27. The number of azo groups is 1. The Morgan fingerprint density at radius 2 is 1.83 bits per heavy atom. The van der Waals surface area contributed by atoms with Gasteiger partial charge >= 0.3 is 0 Å². The number of ether oxygens (including phenoxy) is 1. The molecule has 0 amide bonds. The molecule has 1 N–H and O–H groups in total. The standard InChI is InChI=1S/C25H24FN9O/c1-17-11-18(23-27-5-2-6-28-23)13-21(12-17)32-20-4-3-19(29-14-20)15-31-34-25-30-16-22(26)24(33-25)35-7-9-36-10-8-35/h2-6,11-14,16,32H,7-10,15H2,1H3. The van der Waals surface area contributed by atoms with Gasteiger partial charge < -0.3 is 15.0 Å². The number of nitrogens with one attached hydrogen (secondary N) is 1. The van der Waals surface area contributed by atoms with E-state index < -0.39 is 5.82 Å². The van der Waals surface area contributed by atoms with Gasteiger partial charge in [-0.1, -0.05) is 0 Å². The second-order valence-electron chi connectivity index (χ2n) is 8.16. The number of anilines is 3. The van der Waals surface area contributed by atoms with E-state index >= 15 is 0 Å².